The van der Waals surface area contributed by atoms with Crippen LogP contribution in [0.2, 0.25) is 5.28 Å². The molecule has 0 saturated carbocycles. The quantitative estimate of drug-likeness (QED) is 0.604. The fourth-order valence-corrected chi connectivity index (χ4v) is 1.92. The van der Waals surface area contributed by atoms with Gasteiger partial charge >= 0.3 is 0 Å². The van der Waals surface area contributed by atoms with Gasteiger partial charge in [-0.15, -0.1) is 0 Å². The van der Waals surface area contributed by atoms with Gasteiger partial charge in [0.2, 0.25) is 5.28 Å². The van der Waals surface area contributed by atoms with Crippen LogP contribution in [0.1, 0.15) is 2.74 Å². The lowest BCUT2D eigenvalue weighted by atomic mass is 10.1. The zero-order valence-electron chi connectivity index (χ0n) is 10.8. The van der Waals surface area contributed by atoms with Crippen LogP contribution in [0.15, 0.2) is 54.5 Å². The van der Waals surface area contributed by atoms with Gasteiger partial charge in [-0.25, -0.2) is 9.97 Å². The minimum Gasteiger partial charge on any atom is -0.218 e. The van der Waals surface area contributed by atoms with E-state index in [2.05, 4.69) is 9.97 Å². The summed E-state index contributed by atoms with van der Waals surface area (Å²) < 4.78 is 15.5. The molecule has 0 bridgehead atoms. The van der Waals surface area contributed by atoms with Crippen molar-refractivity contribution in [1.29, 1.82) is 0 Å². The van der Waals surface area contributed by atoms with Crippen LogP contribution in [0, 0.1) is 0 Å². The van der Waals surface area contributed by atoms with Gasteiger partial charge in [0, 0.05) is 10.9 Å². The molecule has 0 atom stereocenters. The molecule has 17 heavy (non-hydrogen) atoms. The van der Waals surface area contributed by atoms with Crippen molar-refractivity contribution in [2.24, 2.45) is 0 Å². The van der Waals surface area contributed by atoms with Crippen LogP contribution in [0.4, 0.5) is 0 Å². The second kappa shape index (κ2) is 4.15. The zero-order valence-corrected chi connectivity index (χ0v) is 9.57. The summed E-state index contributed by atoms with van der Waals surface area (Å²) in [4.78, 5) is 8.40. The van der Waals surface area contributed by atoms with Crippen LogP contribution in [0.3, 0.4) is 0 Å². The van der Waals surface area contributed by atoms with E-state index >= 15 is 0 Å². The molecule has 3 heteroatoms. The standard InChI is InChI=1S/C14H9ClN2/c15-14-16-12-9-5-4-8-11(12)13(17-14)10-6-2-1-3-7-10/h1-9H/i1D,6D. The lowest BCUT2D eigenvalue weighted by Gasteiger charge is -2.05. The summed E-state index contributed by atoms with van der Waals surface area (Å²) in [5, 5.41) is 1.00. The summed E-state index contributed by atoms with van der Waals surface area (Å²) >= 11 is 5.94. The normalized spacial score (nSPS) is 12.3. The monoisotopic (exact) mass is 242 g/mol. The van der Waals surface area contributed by atoms with Crippen LogP contribution < -0.4 is 0 Å². The summed E-state index contributed by atoms with van der Waals surface area (Å²) in [6.45, 7) is 0. The molecule has 0 saturated heterocycles. The summed E-state index contributed by atoms with van der Waals surface area (Å²) in [5.41, 5.74) is 2.02. The molecular formula is C14H9ClN2. The first-order valence-corrected chi connectivity index (χ1v) is 5.53. The van der Waals surface area contributed by atoms with E-state index in [0.717, 1.165) is 10.9 Å². The molecule has 0 amide bonds. The Morgan fingerprint density at radius 1 is 1.00 bits per heavy atom. The third-order valence-electron chi connectivity index (χ3n) is 2.49. The Hall–Kier alpha value is -1.93. The van der Waals surface area contributed by atoms with Crippen molar-refractivity contribution in [1.82, 2.24) is 9.97 Å². The maximum absolute atomic E-state index is 7.97. The van der Waals surface area contributed by atoms with Crippen LogP contribution in [0.25, 0.3) is 22.2 Å². The third-order valence-corrected chi connectivity index (χ3v) is 2.66. The molecule has 1 heterocycles. The lowest BCUT2D eigenvalue weighted by Crippen LogP contribution is -1.90. The van der Waals surface area contributed by atoms with Gasteiger partial charge in [-0.3, -0.25) is 0 Å². The molecule has 1 aromatic heterocycles. The molecule has 0 aliphatic carbocycles. The van der Waals surface area contributed by atoms with Crippen LogP contribution in [-0.4, -0.2) is 9.97 Å². The Labute approximate surface area is 107 Å². The van der Waals surface area contributed by atoms with Gasteiger partial charge in [-0.2, -0.15) is 0 Å². The third kappa shape index (κ3) is 1.87. The first-order valence-electron chi connectivity index (χ1n) is 6.15. The fraction of sp³-hybridized carbons (Fsp3) is 0. The highest BCUT2D eigenvalue weighted by Gasteiger charge is 2.07. The van der Waals surface area contributed by atoms with E-state index in [-0.39, 0.29) is 11.3 Å². The van der Waals surface area contributed by atoms with Crippen molar-refractivity contribution in [3.8, 4) is 11.3 Å². The SMILES string of the molecule is [2H]c1ccc(-c2nc(Cl)nc3ccccc23)c([2H])c1. The van der Waals surface area contributed by atoms with Gasteiger partial charge in [0.1, 0.15) is 0 Å². The molecular weight excluding hydrogens is 232 g/mol. The molecule has 0 radical (unpaired) electrons. The van der Waals surface area contributed by atoms with Gasteiger partial charge in [-0.05, 0) is 17.7 Å². The molecule has 0 fully saturated rings. The maximum atomic E-state index is 7.97. The van der Waals surface area contributed by atoms with Crippen LogP contribution in [0.5, 0.6) is 0 Å². The first-order chi connectivity index (χ1) is 9.15. The number of benzene rings is 2. The predicted molar refractivity (Wildman–Crippen MR) is 70.0 cm³/mol. The topological polar surface area (TPSA) is 25.8 Å². The largest absolute Gasteiger partial charge is 0.223 e. The van der Waals surface area contributed by atoms with Gasteiger partial charge in [0.25, 0.3) is 0 Å². The lowest BCUT2D eigenvalue weighted by molar-refractivity contribution is 1.22. The van der Waals surface area contributed by atoms with Crippen molar-refractivity contribution in [3.63, 3.8) is 0 Å². The van der Waals surface area contributed by atoms with E-state index in [9.17, 15) is 0 Å². The van der Waals surface area contributed by atoms with E-state index in [1.165, 1.54) is 6.07 Å². The highest BCUT2D eigenvalue weighted by Crippen LogP contribution is 2.26. The predicted octanol–water partition coefficient (Wildman–Crippen LogP) is 3.95. The minimum absolute atomic E-state index is 0.156. The fourth-order valence-electron chi connectivity index (χ4n) is 1.75. The van der Waals surface area contributed by atoms with Crippen molar-refractivity contribution in [3.05, 3.63) is 59.8 Å². The molecule has 0 unspecified atom stereocenters. The smallest absolute Gasteiger partial charge is 0.218 e. The van der Waals surface area contributed by atoms with Gasteiger partial charge in [0.05, 0.1) is 14.0 Å². The summed E-state index contributed by atoms with van der Waals surface area (Å²) in [7, 11) is 0. The Bertz CT molecular complexity index is 774. The molecule has 3 rings (SSSR count). The van der Waals surface area contributed by atoms with E-state index < -0.39 is 0 Å². The second-order valence-electron chi connectivity index (χ2n) is 3.56. The molecule has 2 nitrogen and oxygen atoms in total. The number of hydrogen-bond acceptors (Lipinski definition) is 2. The van der Waals surface area contributed by atoms with Gasteiger partial charge < -0.3 is 0 Å². The van der Waals surface area contributed by atoms with Crippen molar-refractivity contribution < 1.29 is 2.74 Å². The number of hydrogen-bond donors (Lipinski definition) is 0. The Morgan fingerprint density at radius 3 is 2.76 bits per heavy atom. The number of aromatic nitrogens is 2. The number of halogens is 1. The molecule has 82 valence electrons. The van der Waals surface area contributed by atoms with Crippen LogP contribution in [-0.2, 0) is 0 Å². The van der Waals surface area contributed by atoms with E-state index in [1.54, 1.807) is 12.1 Å². The number of nitrogens with zero attached hydrogens (tertiary/aromatic N) is 2. The minimum atomic E-state index is 0.156. The van der Waals surface area contributed by atoms with E-state index in [0.29, 0.717) is 17.3 Å². The first kappa shape index (κ1) is 8.20. The van der Waals surface area contributed by atoms with E-state index in [4.69, 9.17) is 14.3 Å². The number of rotatable bonds is 1. The highest BCUT2D eigenvalue weighted by atomic mass is 35.5. The Kier molecular flexibility index (Phi) is 2.00. The summed E-state index contributed by atoms with van der Waals surface area (Å²) in [6, 6.07) is 12.9. The average Bonchev–Trinajstić information content (AvgIpc) is 2.38. The van der Waals surface area contributed by atoms with Crippen LogP contribution >= 0.6 is 11.6 Å². The molecule has 0 N–H and O–H groups in total. The van der Waals surface area contributed by atoms with Gasteiger partial charge in [-0.1, -0.05) is 48.5 Å². The second-order valence-corrected chi connectivity index (χ2v) is 3.90. The number of para-hydroxylation sites is 1. The van der Waals surface area contributed by atoms with Crippen molar-refractivity contribution in [2.75, 3.05) is 0 Å². The number of fused-ring (bicyclic) bond motifs is 1. The van der Waals surface area contributed by atoms with Crippen molar-refractivity contribution >= 4 is 22.5 Å². The summed E-state index contributed by atoms with van der Waals surface area (Å²) in [6.07, 6.45) is 0. The maximum Gasteiger partial charge on any atom is 0.223 e. The average molecular weight is 243 g/mol. The van der Waals surface area contributed by atoms with Crippen molar-refractivity contribution in [2.45, 2.75) is 0 Å². The zero-order chi connectivity index (χ0) is 13.4. The summed E-state index contributed by atoms with van der Waals surface area (Å²) in [5.74, 6) is 0. The Balaban J connectivity index is 2.35. The molecule has 3 aromatic rings. The van der Waals surface area contributed by atoms with Gasteiger partial charge in [0.15, 0.2) is 0 Å². The molecule has 0 aliphatic rings. The molecule has 0 aliphatic heterocycles. The molecule has 2 aromatic carbocycles. The highest BCUT2D eigenvalue weighted by molar-refractivity contribution is 6.28. The van der Waals surface area contributed by atoms with E-state index in [1.807, 2.05) is 24.3 Å². The molecule has 0 spiro atoms. The Morgan fingerprint density at radius 2 is 1.88 bits per heavy atom.